The Kier molecular flexibility index (Phi) is 4.92. The summed E-state index contributed by atoms with van der Waals surface area (Å²) in [5.41, 5.74) is 7.17. The van der Waals surface area contributed by atoms with Crippen LogP contribution in [0.15, 0.2) is 24.3 Å². The summed E-state index contributed by atoms with van der Waals surface area (Å²) in [6.45, 7) is 2.80. The number of benzene rings is 1. The van der Waals surface area contributed by atoms with Crippen molar-refractivity contribution in [1.29, 1.82) is 0 Å². The van der Waals surface area contributed by atoms with Crippen molar-refractivity contribution in [2.45, 2.75) is 13.3 Å². The van der Waals surface area contributed by atoms with Crippen LogP contribution in [0.1, 0.15) is 12.0 Å². The Morgan fingerprint density at radius 2 is 1.88 bits per heavy atom. The minimum Gasteiger partial charge on any atom is -0.330 e. The second-order valence-corrected chi connectivity index (χ2v) is 5.56. The lowest BCUT2D eigenvalue weighted by Crippen LogP contribution is -2.40. The summed E-state index contributed by atoms with van der Waals surface area (Å²) < 4.78 is 27.4. The lowest BCUT2D eigenvalue weighted by Gasteiger charge is -2.23. The second-order valence-electron chi connectivity index (χ2n) is 3.76. The highest BCUT2D eigenvalue weighted by molar-refractivity contribution is 7.90. The van der Waals surface area contributed by atoms with E-state index in [-0.39, 0.29) is 0 Å². The van der Waals surface area contributed by atoms with Gasteiger partial charge < -0.3 is 5.73 Å². The second kappa shape index (κ2) is 6.00. The Morgan fingerprint density at radius 1 is 1.29 bits per heavy atom. The topological polar surface area (TPSA) is 75.4 Å². The molecule has 17 heavy (non-hydrogen) atoms. The third-order valence-corrected chi connectivity index (χ3v) is 3.92. The fraction of sp³-hybridized carbons (Fsp3) is 0.455. The van der Waals surface area contributed by atoms with Gasteiger partial charge >= 0.3 is 10.2 Å². The van der Waals surface area contributed by atoms with Crippen LogP contribution >= 0.6 is 0 Å². The molecule has 0 amide bonds. The zero-order valence-corrected chi connectivity index (χ0v) is 11.0. The van der Waals surface area contributed by atoms with Gasteiger partial charge in [0.15, 0.2) is 0 Å². The molecule has 0 unspecified atom stereocenters. The molecule has 0 fully saturated rings. The van der Waals surface area contributed by atoms with Crippen LogP contribution in [-0.2, 0) is 10.2 Å². The van der Waals surface area contributed by atoms with E-state index in [4.69, 9.17) is 5.73 Å². The van der Waals surface area contributed by atoms with Crippen LogP contribution in [0.25, 0.3) is 0 Å². The van der Waals surface area contributed by atoms with E-state index in [0.29, 0.717) is 25.2 Å². The van der Waals surface area contributed by atoms with Crippen LogP contribution in [0.4, 0.5) is 5.69 Å². The normalized spacial score (nSPS) is 11.5. The molecule has 5 nitrogen and oxygen atoms in total. The lowest BCUT2D eigenvalue weighted by molar-refractivity contribution is 0.581. The molecular formula is C11H19N3O2S. The Balaban J connectivity index is 3.02. The molecule has 0 aliphatic heterocycles. The molecular weight excluding hydrogens is 238 g/mol. The van der Waals surface area contributed by atoms with Gasteiger partial charge in [-0.25, -0.2) is 4.72 Å². The molecule has 6 heteroatoms. The van der Waals surface area contributed by atoms with E-state index in [0.717, 1.165) is 5.56 Å². The van der Waals surface area contributed by atoms with Gasteiger partial charge in [-0.05, 0) is 32.0 Å². The van der Waals surface area contributed by atoms with Gasteiger partial charge in [0.25, 0.3) is 0 Å². The smallest absolute Gasteiger partial charge is 0.301 e. The standard InChI is InChI=1S/C11H19N3O2S/c1-10-4-6-11(7-5-10)14(9-3-8-12)17(15,16)13-2/h4-7,13H,3,8-9,12H2,1-2H3. The Bertz CT molecular complexity index is 442. The summed E-state index contributed by atoms with van der Waals surface area (Å²) in [6.07, 6.45) is 0.620. The largest absolute Gasteiger partial charge is 0.330 e. The molecule has 1 rings (SSSR count). The first kappa shape index (κ1) is 14.0. The highest BCUT2D eigenvalue weighted by atomic mass is 32.2. The van der Waals surface area contributed by atoms with Gasteiger partial charge in [-0.1, -0.05) is 17.7 Å². The fourth-order valence-corrected chi connectivity index (χ4v) is 2.43. The zero-order valence-electron chi connectivity index (χ0n) is 10.2. The maximum Gasteiger partial charge on any atom is 0.301 e. The number of nitrogens with zero attached hydrogens (tertiary/aromatic N) is 1. The molecule has 0 aliphatic rings. The maximum absolute atomic E-state index is 11.9. The Hall–Kier alpha value is -1.11. The summed E-state index contributed by atoms with van der Waals surface area (Å²) in [5.74, 6) is 0. The van der Waals surface area contributed by atoms with Crippen LogP contribution in [0.5, 0.6) is 0 Å². The minimum atomic E-state index is -3.47. The Morgan fingerprint density at radius 3 is 2.35 bits per heavy atom. The summed E-state index contributed by atoms with van der Waals surface area (Å²) in [6, 6.07) is 7.35. The van der Waals surface area contributed by atoms with Gasteiger partial charge in [0, 0.05) is 13.6 Å². The average Bonchev–Trinajstić information content (AvgIpc) is 2.31. The summed E-state index contributed by atoms with van der Waals surface area (Å²) >= 11 is 0. The molecule has 96 valence electrons. The molecule has 0 radical (unpaired) electrons. The number of anilines is 1. The van der Waals surface area contributed by atoms with Crippen molar-refractivity contribution in [1.82, 2.24) is 4.72 Å². The summed E-state index contributed by atoms with van der Waals surface area (Å²) in [4.78, 5) is 0. The molecule has 3 N–H and O–H groups in total. The molecule has 0 saturated carbocycles. The van der Waals surface area contributed by atoms with Crippen molar-refractivity contribution in [2.24, 2.45) is 5.73 Å². The zero-order chi connectivity index (χ0) is 12.9. The van der Waals surface area contributed by atoms with Gasteiger partial charge in [0.1, 0.15) is 0 Å². The van der Waals surface area contributed by atoms with Crippen molar-refractivity contribution in [3.05, 3.63) is 29.8 Å². The van der Waals surface area contributed by atoms with Crippen LogP contribution < -0.4 is 14.8 Å². The van der Waals surface area contributed by atoms with Gasteiger partial charge in [0.05, 0.1) is 5.69 Å². The predicted octanol–water partition coefficient (Wildman–Crippen LogP) is 0.614. The molecule has 0 aromatic heterocycles. The number of aryl methyl sites for hydroxylation is 1. The van der Waals surface area contributed by atoms with Crippen LogP contribution in [0.2, 0.25) is 0 Å². The van der Waals surface area contributed by atoms with E-state index in [1.54, 1.807) is 12.1 Å². The third-order valence-electron chi connectivity index (χ3n) is 2.44. The number of nitrogens with one attached hydrogen (secondary N) is 1. The van der Waals surface area contributed by atoms with Crippen molar-refractivity contribution in [3.63, 3.8) is 0 Å². The quantitative estimate of drug-likeness (QED) is 0.784. The van der Waals surface area contributed by atoms with E-state index >= 15 is 0 Å². The monoisotopic (exact) mass is 257 g/mol. The van der Waals surface area contributed by atoms with Crippen molar-refractivity contribution in [2.75, 3.05) is 24.4 Å². The van der Waals surface area contributed by atoms with Crippen molar-refractivity contribution < 1.29 is 8.42 Å². The molecule has 0 heterocycles. The fourth-order valence-electron chi connectivity index (χ4n) is 1.44. The molecule has 0 bridgehead atoms. The third kappa shape index (κ3) is 3.69. The molecule has 0 atom stereocenters. The molecule has 0 saturated heterocycles. The van der Waals surface area contributed by atoms with Gasteiger partial charge in [0.2, 0.25) is 0 Å². The van der Waals surface area contributed by atoms with E-state index < -0.39 is 10.2 Å². The molecule has 1 aromatic rings. The van der Waals surface area contributed by atoms with Crippen LogP contribution in [0.3, 0.4) is 0 Å². The van der Waals surface area contributed by atoms with Gasteiger partial charge in [-0.3, -0.25) is 4.31 Å². The predicted molar refractivity (Wildman–Crippen MR) is 70.2 cm³/mol. The van der Waals surface area contributed by atoms with E-state index in [2.05, 4.69) is 4.72 Å². The van der Waals surface area contributed by atoms with E-state index in [9.17, 15) is 8.42 Å². The average molecular weight is 257 g/mol. The lowest BCUT2D eigenvalue weighted by atomic mass is 10.2. The maximum atomic E-state index is 11.9. The van der Waals surface area contributed by atoms with Gasteiger partial charge in [-0.15, -0.1) is 0 Å². The number of nitrogens with two attached hydrogens (primary N) is 1. The molecule has 0 spiro atoms. The molecule has 0 aliphatic carbocycles. The summed E-state index contributed by atoms with van der Waals surface area (Å²) in [7, 11) is -2.07. The van der Waals surface area contributed by atoms with Crippen molar-refractivity contribution in [3.8, 4) is 0 Å². The van der Waals surface area contributed by atoms with Gasteiger partial charge in [-0.2, -0.15) is 8.42 Å². The first-order valence-corrected chi connectivity index (χ1v) is 6.93. The SMILES string of the molecule is CNS(=O)(=O)N(CCCN)c1ccc(C)cc1. The first-order valence-electron chi connectivity index (χ1n) is 5.49. The van der Waals surface area contributed by atoms with Crippen molar-refractivity contribution >= 4 is 15.9 Å². The number of hydrogen-bond acceptors (Lipinski definition) is 3. The number of rotatable bonds is 6. The minimum absolute atomic E-state index is 0.378. The first-order chi connectivity index (χ1) is 8.01. The van der Waals surface area contributed by atoms with Crippen LogP contribution in [0, 0.1) is 6.92 Å². The highest BCUT2D eigenvalue weighted by Gasteiger charge is 2.19. The highest BCUT2D eigenvalue weighted by Crippen LogP contribution is 2.18. The van der Waals surface area contributed by atoms with E-state index in [1.165, 1.54) is 11.4 Å². The van der Waals surface area contributed by atoms with E-state index in [1.807, 2.05) is 19.1 Å². The summed E-state index contributed by atoms with van der Waals surface area (Å²) in [5, 5.41) is 0. The Labute approximate surface area is 103 Å². The van der Waals surface area contributed by atoms with Crippen LogP contribution in [-0.4, -0.2) is 28.6 Å². The number of hydrogen-bond donors (Lipinski definition) is 2. The molecule has 1 aromatic carbocycles.